The van der Waals surface area contributed by atoms with Gasteiger partial charge in [-0.05, 0) is 0 Å². The van der Waals surface area contributed by atoms with Gasteiger partial charge in [0, 0.05) is 0 Å². The first-order valence-electron chi connectivity index (χ1n) is 10.8. The average Bonchev–Trinajstić information content (AvgIpc) is 2.59. The first-order valence-corrected chi connectivity index (χ1v) is 14.5. The minimum atomic E-state index is -0.515. The van der Waals surface area contributed by atoms with Gasteiger partial charge in [0.25, 0.3) is 0 Å². The van der Waals surface area contributed by atoms with Crippen molar-refractivity contribution in [3.05, 3.63) is 0 Å². The van der Waals surface area contributed by atoms with E-state index in [0.717, 1.165) is 13.2 Å². The molecule has 0 saturated heterocycles. The molecular formula is C21H44O2Sn. The molecule has 0 aliphatic heterocycles. The maximum absolute atomic E-state index is 6.09. The summed E-state index contributed by atoms with van der Waals surface area (Å²) in [6, 6.07) is 0. The standard InChI is InChI=1S/C17H35O2.C4H9.Sn/c1-3-5-7-9-11-13-15-18-17-19-16-14-12-10-8-6-4-2;1-3-4-2;/h17H,3-16H2,1-2H3;1,3-4H2,2H3;. The van der Waals surface area contributed by atoms with Crippen LogP contribution in [0.15, 0.2) is 0 Å². The first-order chi connectivity index (χ1) is 11.8. The van der Waals surface area contributed by atoms with Gasteiger partial charge in [0.05, 0.1) is 0 Å². The van der Waals surface area contributed by atoms with Gasteiger partial charge in [-0.15, -0.1) is 0 Å². The van der Waals surface area contributed by atoms with Crippen LogP contribution in [-0.2, 0) is 9.47 Å². The molecule has 0 rings (SSSR count). The normalized spacial score (nSPS) is 11.5. The van der Waals surface area contributed by atoms with Crippen LogP contribution in [0.2, 0.25) is 4.44 Å². The van der Waals surface area contributed by atoms with Crippen molar-refractivity contribution in [2.24, 2.45) is 0 Å². The molecule has 0 aromatic rings. The summed E-state index contributed by atoms with van der Waals surface area (Å²) in [5, 5.41) is 0. The molecular weight excluding hydrogens is 403 g/mol. The van der Waals surface area contributed by atoms with Gasteiger partial charge in [-0.3, -0.25) is 0 Å². The summed E-state index contributed by atoms with van der Waals surface area (Å²) in [5.41, 5.74) is 0. The van der Waals surface area contributed by atoms with Crippen molar-refractivity contribution in [3.63, 3.8) is 0 Å². The Morgan fingerprint density at radius 2 is 0.958 bits per heavy atom. The molecule has 2 nitrogen and oxygen atoms in total. The van der Waals surface area contributed by atoms with Crippen LogP contribution >= 0.6 is 0 Å². The van der Waals surface area contributed by atoms with E-state index < -0.39 is 21.1 Å². The van der Waals surface area contributed by atoms with Crippen LogP contribution < -0.4 is 0 Å². The van der Waals surface area contributed by atoms with E-state index in [1.807, 2.05) is 0 Å². The van der Waals surface area contributed by atoms with Crippen molar-refractivity contribution in [1.29, 1.82) is 0 Å². The summed E-state index contributed by atoms with van der Waals surface area (Å²) in [5.74, 6) is 0. The van der Waals surface area contributed by atoms with Gasteiger partial charge < -0.3 is 0 Å². The second kappa shape index (κ2) is 21.8. The first kappa shape index (κ1) is 24.7. The average molecular weight is 447 g/mol. The minimum absolute atomic E-state index is 0.214. The molecule has 0 spiro atoms. The van der Waals surface area contributed by atoms with Crippen LogP contribution in [0.3, 0.4) is 0 Å². The molecule has 0 aliphatic rings. The van der Waals surface area contributed by atoms with Gasteiger partial charge in [-0.25, -0.2) is 0 Å². The molecule has 0 heterocycles. The van der Waals surface area contributed by atoms with E-state index in [1.165, 1.54) is 94.3 Å². The van der Waals surface area contributed by atoms with Crippen LogP contribution in [0, 0.1) is 0 Å². The van der Waals surface area contributed by atoms with E-state index in [4.69, 9.17) is 9.47 Å². The van der Waals surface area contributed by atoms with E-state index in [2.05, 4.69) is 20.8 Å². The second-order valence-electron chi connectivity index (χ2n) is 6.92. The third-order valence-electron chi connectivity index (χ3n) is 4.38. The van der Waals surface area contributed by atoms with Crippen LogP contribution in [-0.4, -0.2) is 38.7 Å². The van der Waals surface area contributed by atoms with E-state index in [1.54, 1.807) is 0 Å². The maximum atomic E-state index is 6.09. The zero-order valence-corrected chi connectivity index (χ0v) is 19.8. The fourth-order valence-corrected chi connectivity index (χ4v) is 6.32. The van der Waals surface area contributed by atoms with Gasteiger partial charge >= 0.3 is 163 Å². The quantitative estimate of drug-likeness (QED) is 0.114. The van der Waals surface area contributed by atoms with E-state index in [0.29, 0.717) is 0 Å². The van der Waals surface area contributed by atoms with Gasteiger partial charge in [-0.2, -0.15) is 0 Å². The van der Waals surface area contributed by atoms with Crippen molar-refractivity contribution in [1.82, 2.24) is 0 Å². The number of hydrogen-bond acceptors (Lipinski definition) is 2. The molecule has 0 fully saturated rings. The van der Waals surface area contributed by atoms with Gasteiger partial charge in [0.1, 0.15) is 0 Å². The van der Waals surface area contributed by atoms with Crippen molar-refractivity contribution in [2.45, 2.75) is 119 Å². The monoisotopic (exact) mass is 448 g/mol. The third-order valence-corrected chi connectivity index (χ3v) is 8.11. The molecule has 3 heteroatoms. The van der Waals surface area contributed by atoms with Gasteiger partial charge in [0.15, 0.2) is 0 Å². The molecule has 0 saturated carbocycles. The Labute approximate surface area is 163 Å². The zero-order chi connectivity index (χ0) is 17.7. The van der Waals surface area contributed by atoms with Crippen molar-refractivity contribution in [2.75, 3.05) is 13.2 Å². The summed E-state index contributed by atoms with van der Waals surface area (Å²) in [4.78, 5) is 0. The van der Waals surface area contributed by atoms with Crippen LogP contribution in [0.5, 0.6) is 0 Å². The van der Waals surface area contributed by atoms with Crippen LogP contribution in [0.4, 0.5) is 0 Å². The Hall–Kier alpha value is 0.719. The van der Waals surface area contributed by atoms with E-state index >= 15 is 0 Å². The molecule has 144 valence electrons. The fraction of sp³-hybridized carbons (Fsp3) is 1.00. The predicted molar refractivity (Wildman–Crippen MR) is 108 cm³/mol. The van der Waals surface area contributed by atoms with Crippen LogP contribution in [0.1, 0.15) is 111 Å². The fourth-order valence-electron chi connectivity index (χ4n) is 2.71. The number of rotatable bonds is 20. The van der Waals surface area contributed by atoms with E-state index in [-0.39, 0.29) is 4.31 Å². The SMILES string of the molecule is CCCCCCCCO[CH](OCCCCCCCC)[Sn][CH2]CCC. The molecule has 0 aliphatic carbocycles. The molecule has 0 amide bonds. The van der Waals surface area contributed by atoms with Crippen molar-refractivity contribution >= 4 is 21.1 Å². The summed E-state index contributed by atoms with van der Waals surface area (Å²) in [6.07, 6.45) is 18.7. The Kier molecular flexibility index (Phi) is 22.4. The van der Waals surface area contributed by atoms with E-state index in [9.17, 15) is 0 Å². The Morgan fingerprint density at radius 1 is 0.542 bits per heavy atom. The van der Waals surface area contributed by atoms with Crippen LogP contribution in [0.25, 0.3) is 0 Å². The summed E-state index contributed by atoms with van der Waals surface area (Å²) >= 11 is -0.515. The third kappa shape index (κ3) is 19.0. The van der Waals surface area contributed by atoms with Crippen molar-refractivity contribution in [3.8, 4) is 0 Å². The number of unbranched alkanes of at least 4 members (excludes halogenated alkanes) is 11. The molecule has 0 unspecified atom stereocenters. The molecule has 0 N–H and O–H groups in total. The Morgan fingerprint density at radius 3 is 1.42 bits per heavy atom. The molecule has 24 heavy (non-hydrogen) atoms. The molecule has 0 aromatic heterocycles. The molecule has 0 aromatic carbocycles. The summed E-state index contributed by atoms with van der Waals surface area (Å²) in [7, 11) is 0. The molecule has 2 radical (unpaired) electrons. The molecule has 0 atom stereocenters. The predicted octanol–water partition coefficient (Wildman–Crippen LogP) is 6.95. The summed E-state index contributed by atoms with van der Waals surface area (Å²) < 4.78 is 13.8. The zero-order valence-electron chi connectivity index (χ0n) is 16.9. The summed E-state index contributed by atoms with van der Waals surface area (Å²) in [6.45, 7) is 8.66. The molecule has 0 bridgehead atoms. The van der Waals surface area contributed by atoms with Gasteiger partial charge in [-0.1, -0.05) is 0 Å². The Bertz CT molecular complexity index is 206. The number of ether oxygens (including phenoxy) is 2. The Balaban J connectivity index is 3.64. The van der Waals surface area contributed by atoms with Crippen molar-refractivity contribution < 1.29 is 9.47 Å². The topological polar surface area (TPSA) is 18.5 Å². The van der Waals surface area contributed by atoms with Gasteiger partial charge in [0.2, 0.25) is 0 Å². The second-order valence-corrected chi connectivity index (χ2v) is 10.9. The number of hydrogen-bond donors (Lipinski definition) is 0.